The second-order valence-electron chi connectivity index (χ2n) is 3.34. The van der Waals surface area contributed by atoms with Gasteiger partial charge in [-0.25, -0.2) is 4.79 Å². The molecule has 4 nitrogen and oxygen atoms in total. The standard InChI is InChI=1S/C12H10N2O2/c13-9-6-10(12(15)16)11(14-7-9)8-4-2-1-3-5-8/h1-7H,13H2,(H,15,16). The second-order valence-corrected chi connectivity index (χ2v) is 3.34. The molecular formula is C12H10N2O2. The zero-order valence-electron chi connectivity index (χ0n) is 8.42. The van der Waals surface area contributed by atoms with Crippen LogP contribution in [-0.4, -0.2) is 16.1 Å². The fourth-order valence-corrected chi connectivity index (χ4v) is 1.47. The molecule has 2 aromatic rings. The Labute approximate surface area is 92.4 Å². The highest BCUT2D eigenvalue weighted by Gasteiger charge is 2.13. The van der Waals surface area contributed by atoms with Gasteiger partial charge in [0.2, 0.25) is 0 Å². The molecule has 0 saturated heterocycles. The van der Waals surface area contributed by atoms with Crippen molar-refractivity contribution in [2.24, 2.45) is 0 Å². The van der Waals surface area contributed by atoms with Crippen molar-refractivity contribution in [1.29, 1.82) is 0 Å². The van der Waals surface area contributed by atoms with Crippen LogP contribution in [0.2, 0.25) is 0 Å². The third-order valence-electron chi connectivity index (χ3n) is 2.19. The summed E-state index contributed by atoms with van der Waals surface area (Å²) in [7, 11) is 0. The smallest absolute Gasteiger partial charge is 0.337 e. The van der Waals surface area contributed by atoms with E-state index in [1.807, 2.05) is 30.3 Å². The zero-order valence-corrected chi connectivity index (χ0v) is 8.42. The number of benzene rings is 1. The van der Waals surface area contributed by atoms with Crippen molar-refractivity contribution in [2.45, 2.75) is 0 Å². The minimum Gasteiger partial charge on any atom is -0.478 e. The SMILES string of the molecule is Nc1cnc(-c2ccccc2)c(C(=O)O)c1. The maximum absolute atomic E-state index is 11.1. The van der Waals surface area contributed by atoms with Crippen LogP contribution < -0.4 is 5.73 Å². The molecule has 0 fully saturated rings. The van der Waals surface area contributed by atoms with Crippen molar-refractivity contribution in [3.63, 3.8) is 0 Å². The summed E-state index contributed by atoms with van der Waals surface area (Å²) in [4.78, 5) is 15.1. The van der Waals surface area contributed by atoms with Gasteiger partial charge in [0.25, 0.3) is 0 Å². The number of aromatic nitrogens is 1. The van der Waals surface area contributed by atoms with Gasteiger partial charge in [0.15, 0.2) is 0 Å². The van der Waals surface area contributed by atoms with E-state index in [0.29, 0.717) is 11.4 Å². The number of hydrogen-bond donors (Lipinski definition) is 2. The molecule has 1 aromatic carbocycles. The maximum Gasteiger partial charge on any atom is 0.337 e. The van der Waals surface area contributed by atoms with Crippen molar-refractivity contribution in [3.05, 3.63) is 48.2 Å². The van der Waals surface area contributed by atoms with E-state index in [0.717, 1.165) is 5.56 Å². The molecule has 0 spiro atoms. The molecule has 0 radical (unpaired) electrons. The molecule has 0 amide bonds. The lowest BCUT2D eigenvalue weighted by Gasteiger charge is -2.05. The molecular weight excluding hydrogens is 204 g/mol. The van der Waals surface area contributed by atoms with Gasteiger partial charge < -0.3 is 10.8 Å². The second kappa shape index (κ2) is 4.02. The fraction of sp³-hybridized carbons (Fsp3) is 0. The van der Waals surface area contributed by atoms with E-state index in [1.54, 1.807) is 0 Å². The van der Waals surface area contributed by atoms with Crippen LogP contribution in [0.5, 0.6) is 0 Å². The Hall–Kier alpha value is -2.36. The Balaban J connectivity index is 2.61. The number of carboxylic acids is 1. The summed E-state index contributed by atoms with van der Waals surface area (Å²) in [6, 6.07) is 10.6. The minimum atomic E-state index is -1.03. The van der Waals surface area contributed by atoms with Gasteiger partial charge >= 0.3 is 5.97 Å². The molecule has 80 valence electrons. The van der Waals surface area contributed by atoms with Crippen molar-refractivity contribution >= 4 is 11.7 Å². The first-order valence-corrected chi connectivity index (χ1v) is 4.72. The Kier molecular flexibility index (Phi) is 2.55. The Morgan fingerprint density at radius 3 is 2.56 bits per heavy atom. The summed E-state index contributed by atoms with van der Waals surface area (Å²) in [6.45, 7) is 0. The maximum atomic E-state index is 11.1. The summed E-state index contributed by atoms with van der Waals surface area (Å²) in [6.07, 6.45) is 1.45. The Morgan fingerprint density at radius 2 is 1.94 bits per heavy atom. The van der Waals surface area contributed by atoms with Gasteiger partial charge in [-0.1, -0.05) is 30.3 Å². The predicted octanol–water partition coefficient (Wildman–Crippen LogP) is 2.03. The average molecular weight is 214 g/mol. The van der Waals surface area contributed by atoms with E-state index in [4.69, 9.17) is 10.8 Å². The number of carbonyl (C=O) groups is 1. The zero-order chi connectivity index (χ0) is 11.5. The van der Waals surface area contributed by atoms with E-state index in [9.17, 15) is 4.79 Å². The van der Waals surface area contributed by atoms with Gasteiger partial charge in [-0.3, -0.25) is 4.98 Å². The molecule has 2 rings (SSSR count). The van der Waals surface area contributed by atoms with Crippen LogP contribution in [0.1, 0.15) is 10.4 Å². The molecule has 0 aliphatic heterocycles. The predicted molar refractivity (Wildman–Crippen MR) is 61.0 cm³/mol. The number of nitrogen functional groups attached to an aromatic ring is 1. The van der Waals surface area contributed by atoms with Crippen LogP contribution in [0.15, 0.2) is 42.6 Å². The highest BCUT2D eigenvalue weighted by molar-refractivity contribution is 5.95. The summed E-state index contributed by atoms with van der Waals surface area (Å²) in [5, 5.41) is 9.06. The minimum absolute atomic E-state index is 0.117. The van der Waals surface area contributed by atoms with Crippen LogP contribution in [0, 0.1) is 0 Å². The number of carboxylic acid groups (broad SMARTS) is 1. The van der Waals surface area contributed by atoms with Crippen molar-refractivity contribution in [2.75, 3.05) is 5.73 Å². The van der Waals surface area contributed by atoms with Crippen molar-refractivity contribution in [3.8, 4) is 11.3 Å². The number of nitrogens with two attached hydrogens (primary N) is 1. The molecule has 0 aliphatic carbocycles. The lowest BCUT2D eigenvalue weighted by Crippen LogP contribution is -2.03. The van der Waals surface area contributed by atoms with E-state index < -0.39 is 5.97 Å². The first kappa shape index (κ1) is 10.2. The summed E-state index contributed by atoms with van der Waals surface area (Å²) in [5.41, 5.74) is 7.18. The average Bonchev–Trinajstić information content (AvgIpc) is 2.30. The summed E-state index contributed by atoms with van der Waals surface area (Å²) >= 11 is 0. The molecule has 1 aromatic heterocycles. The van der Waals surface area contributed by atoms with Gasteiger partial charge in [0.05, 0.1) is 23.1 Å². The highest BCUT2D eigenvalue weighted by Crippen LogP contribution is 2.22. The fourth-order valence-electron chi connectivity index (χ4n) is 1.47. The third kappa shape index (κ3) is 1.86. The van der Waals surface area contributed by atoms with Gasteiger partial charge in [-0.15, -0.1) is 0 Å². The number of nitrogens with zero attached hydrogens (tertiary/aromatic N) is 1. The molecule has 0 atom stereocenters. The molecule has 16 heavy (non-hydrogen) atoms. The van der Waals surface area contributed by atoms with E-state index >= 15 is 0 Å². The van der Waals surface area contributed by atoms with Gasteiger partial charge in [0, 0.05) is 5.56 Å². The summed E-state index contributed by atoms with van der Waals surface area (Å²) < 4.78 is 0. The van der Waals surface area contributed by atoms with Gasteiger partial charge in [-0.2, -0.15) is 0 Å². The number of pyridine rings is 1. The first-order chi connectivity index (χ1) is 7.68. The molecule has 4 heteroatoms. The van der Waals surface area contributed by atoms with Crippen molar-refractivity contribution < 1.29 is 9.90 Å². The number of aromatic carboxylic acids is 1. The topological polar surface area (TPSA) is 76.2 Å². The monoisotopic (exact) mass is 214 g/mol. The largest absolute Gasteiger partial charge is 0.478 e. The third-order valence-corrected chi connectivity index (χ3v) is 2.19. The van der Waals surface area contributed by atoms with Gasteiger partial charge in [0.1, 0.15) is 0 Å². The first-order valence-electron chi connectivity index (χ1n) is 4.72. The number of rotatable bonds is 2. The van der Waals surface area contributed by atoms with Crippen LogP contribution in [0.25, 0.3) is 11.3 Å². The Bertz CT molecular complexity index is 524. The molecule has 0 unspecified atom stereocenters. The lowest BCUT2D eigenvalue weighted by atomic mass is 10.1. The van der Waals surface area contributed by atoms with E-state index in [2.05, 4.69) is 4.98 Å². The lowest BCUT2D eigenvalue weighted by molar-refractivity contribution is 0.0697. The Morgan fingerprint density at radius 1 is 1.25 bits per heavy atom. The van der Waals surface area contributed by atoms with Gasteiger partial charge in [-0.05, 0) is 6.07 Å². The number of hydrogen-bond acceptors (Lipinski definition) is 3. The molecule has 1 heterocycles. The van der Waals surface area contributed by atoms with E-state index in [1.165, 1.54) is 12.3 Å². The highest BCUT2D eigenvalue weighted by atomic mass is 16.4. The number of anilines is 1. The van der Waals surface area contributed by atoms with Crippen molar-refractivity contribution in [1.82, 2.24) is 4.98 Å². The van der Waals surface area contributed by atoms with Crippen LogP contribution in [0.3, 0.4) is 0 Å². The van der Waals surface area contributed by atoms with Crippen LogP contribution >= 0.6 is 0 Å². The quantitative estimate of drug-likeness (QED) is 0.801. The van der Waals surface area contributed by atoms with Crippen LogP contribution in [-0.2, 0) is 0 Å². The van der Waals surface area contributed by atoms with Crippen LogP contribution in [0.4, 0.5) is 5.69 Å². The molecule has 0 aliphatic rings. The normalized spacial score (nSPS) is 10.0. The molecule has 0 saturated carbocycles. The molecule has 0 bridgehead atoms. The van der Waals surface area contributed by atoms with E-state index in [-0.39, 0.29) is 5.56 Å². The summed E-state index contributed by atoms with van der Waals surface area (Å²) in [5.74, 6) is -1.03. The molecule has 3 N–H and O–H groups in total.